The molecule has 0 saturated heterocycles. The predicted octanol–water partition coefficient (Wildman–Crippen LogP) is 2.13. The summed E-state index contributed by atoms with van der Waals surface area (Å²) in [4.78, 5) is 4.59. The van der Waals surface area contributed by atoms with Crippen LogP contribution >= 0.6 is 0 Å². The highest BCUT2D eigenvalue weighted by Crippen LogP contribution is 2.33. The molecule has 3 N–H and O–H groups in total. The second-order valence-electron chi connectivity index (χ2n) is 5.17. The summed E-state index contributed by atoms with van der Waals surface area (Å²) in [5.74, 6) is 1.94. The summed E-state index contributed by atoms with van der Waals surface area (Å²) in [5.41, 5.74) is 7.71. The summed E-state index contributed by atoms with van der Waals surface area (Å²) >= 11 is 0. The molecule has 1 aromatic heterocycles. The number of imidazole rings is 1. The Hall–Kier alpha value is -2.04. The van der Waals surface area contributed by atoms with E-state index in [9.17, 15) is 0 Å². The zero-order chi connectivity index (χ0) is 13.2. The molecule has 1 fully saturated rings. The van der Waals surface area contributed by atoms with Crippen molar-refractivity contribution < 1.29 is 5.21 Å². The van der Waals surface area contributed by atoms with Crippen molar-refractivity contribution in [1.29, 1.82) is 0 Å². The van der Waals surface area contributed by atoms with Gasteiger partial charge >= 0.3 is 0 Å². The van der Waals surface area contributed by atoms with E-state index >= 15 is 0 Å². The summed E-state index contributed by atoms with van der Waals surface area (Å²) in [7, 11) is 0. The van der Waals surface area contributed by atoms with Crippen molar-refractivity contribution in [3.05, 3.63) is 30.1 Å². The van der Waals surface area contributed by atoms with E-state index in [1.807, 2.05) is 18.2 Å². The smallest absolute Gasteiger partial charge is 0.146 e. The Morgan fingerprint density at radius 2 is 2.21 bits per heavy atom. The van der Waals surface area contributed by atoms with Crippen LogP contribution in [-0.4, -0.2) is 20.6 Å². The van der Waals surface area contributed by atoms with Crippen LogP contribution in [0.5, 0.6) is 0 Å². The predicted molar refractivity (Wildman–Crippen MR) is 74.2 cm³/mol. The fourth-order valence-corrected chi connectivity index (χ4v) is 2.43. The van der Waals surface area contributed by atoms with E-state index in [2.05, 4.69) is 20.8 Å². The lowest BCUT2D eigenvalue weighted by Gasteiger charge is -2.08. The van der Waals surface area contributed by atoms with Gasteiger partial charge in [0.2, 0.25) is 0 Å². The minimum absolute atomic E-state index is 0.197. The van der Waals surface area contributed by atoms with E-state index in [1.165, 1.54) is 19.3 Å². The Bertz CT molecular complexity index is 613. The van der Waals surface area contributed by atoms with Gasteiger partial charge in [0.15, 0.2) is 0 Å². The highest BCUT2D eigenvalue weighted by Gasteiger charge is 2.22. The average Bonchev–Trinajstić information content (AvgIpc) is 3.19. The van der Waals surface area contributed by atoms with Crippen LogP contribution in [0.25, 0.3) is 11.0 Å². The maximum absolute atomic E-state index is 8.72. The molecule has 100 valence electrons. The van der Waals surface area contributed by atoms with Gasteiger partial charge in [-0.15, -0.1) is 0 Å². The van der Waals surface area contributed by atoms with Gasteiger partial charge in [-0.25, -0.2) is 4.98 Å². The molecular weight excluding hydrogens is 240 g/mol. The molecule has 0 amide bonds. The topological polar surface area (TPSA) is 76.4 Å². The van der Waals surface area contributed by atoms with Gasteiger partial charge in [0.25, 0.3) is 0 Å². The molecule has 19 heavy (non-hydrogen) atoms. The number of benzene rings is 1. The lowest BCUT2D eigenvalue weighted by molar-refractivity contribution is 0.317. The van der Waals surface area contributed by atoms with E-state index in [-0.39, 0.29) is 5.84 Å². The van der Waals surface area contributed by atoms with Gasteiger partial charge in [-0.2, -0.15) is 0 Å². The second kappa shape index (κ2) is 4.91. The molecule has 1 aliphatic rings. The maximum Gasteiger partial charge on any atom is 0.146 e. The Morgan fingerprint density at radius 1 is 1.42 bits per heavy atom. The number of amidine groups is 1. The molecule has 0 atom stereocenters. The molecule has 0 bridgehead atoms. The highest BCUT2D eigenvalue weighted by atomic mass is 16.4. The van der Waals surface area contributed by atoms with E-state index in [0.717, 1.165) is 29.3 Å². The standard InChI is InChI=1S/C14H18N4O/c15-13(17-19)9-14-16-11-3-1-2-4-12(11)18(14)8-7-10-5-6-10/h1-4,10,19H,5-9H2,(H2,15,17). The molecule has 1 heterocycles. The fourth-order valence-electron chi connectivity index (χ4n) is 2.43. The van der Waals surface area contributed by atoms with Crippen molar-refractivity contribution in [2.45, 2.75) is 32.2 Å². The van der Waals surface area contributed by atoms with Crippen LogP contribution in [-0.2, 0) is 13.0 Å². The first kappa shape index (κ1) is 12.0. The number of oxime groups is 1. The first-order chi connectivity index (χ1) is 9.28. The molecular formula is C14H18N4O. The van der Waals surface area contributed by atoms with Gasteiger partial charge in [-0.1, -0.05) is 30.1 Å². The van der Waals surface area contributed by atoms with Gasteiger partial charge < -0.3 is 15.5 Å². The average molecular weight is 258 g/mol. The molecule has 5 heteroatoms. The monoisotopic (exact) mass is 258 g/mol. The summed E-state index contributed by atoms with van der Waals surface area (Å²) in [6.45, 7) is 0.958. The van der Waals surface area contributed by atoms with Gasteiger partial charge in [-0.3, -0.25) is 0 Å². The third kappa shape index (κ3) is 2.54. The van der Waals surface area contributed by atoms with Crippen LogP contribution in [0.15, 0.2) is 29.4 Å². The first-order valence-electron chi connectivity index (χ1n) is 6.68. The molecule has 1 aliphatic carbocycles. The summed E-state index contributed by atoms with van der Waals surface area (Å²) in [5, 5.41) is 11.8. The van der Waals surface area contributed by atoms with Crippen molar-refractivity contribution >= 4 is 16.9 Å². The van der Waals surface area contributed by atoms with Crippen molar-refractivity contribution in [2.24, 2.45) is 16.8 Å². The third-order valence-electron chi connectivity index (χ3n) is 3.66. The first-order valence-corrected chi connectivity index (χ1v) is 6.68. The van der Waals surface area contributed by atoms with Gasteiger partial charge in [0.05, 0.1) is 17.5 Å². The number of aryl methyl sites for hydroxylation is 1. The Kier molecular flexibility index (Phi) is 3.11. The Morgan fingerprint density at radius 3 is 2.95 bits per heavy atom. The van der Waals surface area contributed by atoms with E-state index in [1.54, 1.807) is 0 Å². The van der Waals surface area contributed by atoms with Gasteiger partial charge in [0.1, 0.15) is 11.7 Å². The van der Waals surface area contributed by atoms with E-state index in [0.29, 0.717) is 6.42 Å². The highest BCUT2D eigenvalue weighted by molar-refractivity contribution is 5.83. The van der Waals surface area contributed by atoms with Crippen LogP contribution in [0.1, 0.15) is 25.1 Å². The SMILES string of the molecule is NC(Cc1nc2ccccc2n1CCC1CC1)=NO. The van der Waals surface area contributed by atoms with Gasteiger partial charge in [-0.05, 0) is 24.5 Å². The molecule has 5 nitrogen and oxygen atoms in total. The number of para-hydroxylation sites is 2. The Balaban J connectivity index is 1.94. The van der Waals surface area contributed by atoms with Crippen LogP contribution in [0.3, 0.4) is 0 Å². The number of hydrogen-bond donors (Lipinski definition) is 2. The molecule has 0 unspecified atom stereocenters. The summed E-state index contributed by atoms with van der Waals surface area (Å²) in [6, 6.07) is 8.07. The molecule has 1 saturated carbocycles. The molecule has 0 spiro atoms. The molecule has 0 radical (unpaired) electrons. The molecule has 1 aromatic carbocycles. The fraction of sp³-hybridized carbons (Fsp3) is 0.429. The summed E-state index contributed by atoms with van der Waals surface area (Å²) in [6.07, 6.45) is 4.27. The van der Waals surface area contributed by atoms with Crippen LogP contribution in [0.2, 0.25) is 0 Å². The van der Waals surface area contributed by atoms with Crippen LogP contribution in [0.4, 0.5) is 0 Å². The maximum atomic E-state index is 8.72. The zero-order valence-corrected chi connectivity index (χ0v) is 10.8. The quantitative estimate of drug-likeness (QED) is 0.373. The van der Waals surface area contributed by atoms with Gasteiger partial charge in [0, 0.05) is 6.54 Å². The van der Waals surface area contributed by atoms with Crippen molar-refractivity contribution in [1.82, 2.24) is 9.55 Å². The number of nitrogens with two attached hydrogens (primary N) is 1. The molecule has 3 rings (SSSR count). The number of fused-ring (bicyclic) bond motifs is 1. The largest absolute Gasteiger partial charge is 0.409 e. The third-order valence-corrected chi connectivity index (χ3v) is 3.66. The van der Waals surface area contributed by atoms with Crippen LogP contribution in [0, 0.1) is 5.92 Å². The normalized spacial score (nSPS) is 16.1. The number of aromatic nitrogens is 2. The number of nitrogens with zero attached hydrogens (tertiary/aromatic N) is 3. The number of rotatable bonds is 5. The van der Waals surface area contributed by atoms with Crippen molar-refractivity contribution in [3.63, 3.8) is 0 Å². The van der Waals surface area contributed by atoms with E-state index < -0.39 is 0 Å². The Labute approximate surface area is 111 Å². The minimum Gasteiger partial charge on any atom is -0.409 e. The lowest BCUT2D eigenvalue weighted by Crippen LogP contribution is -2.18. The summed E-state index contributed by atoms with van der Waals surface area (Å²) < 4.78 is 2.20. The van der Waals surface area contributed by atoms with Crippen molar-refractivity contribution in [3.8, 4) is 0 Å². The van der Waals surface area contributed by atoms with E-state index in [4.69, 9.17) is 10.9 Å². The van der Waals surface area contributed by atoms with Crippen molar-refractivity contribution in [2.75, 3.05) is 0 Å². The van der Waals surface area contributed by atoms with Crippen LogP contribution < -0.4 is 5.73 Å². The zero-order valence-electron chi connectivity index (χ0n) is 10.8. The molecule has 2 aromatic rings. The number of hydrogen-bond acceptors (Lipinski definition) is 3. The lowest BCUT2D eigenvalue weighted by atomic mass is 10.2. The molecule has 0 aliphatic heterocycles. The minimum atomic E-state index is 0.197. The second-order valence-corrected chi connectivity index (χ2v) is 5.17.